The van der Waals surface area contributed by atoms with Crippen LogP contribution in [-0.4, -0.2) is 0 Å². The first-order valence-corrected chi connectivity index (χ1v) is 17.2. The van der Waals surface area contributed by atoms with Crippen molar-refractivity contribution in [1.29, 1.82) is 0 Å². The minimum absolute atomic E-state index is 0.725. The summed E-state index contributed by atoms with van der Waals surface area (Å²) in [5, 5.41) is 0. The van der Waals surface area contributed by atoms with Crippen molar-refractivity contribution >= 4 is 5.57 Å². The highest BCUT2D eigenvalue weighted by Gasteiger charge is 2.42. The van der Waals surface area contributed by atoms with Crippen LogP contribution in [-0.2, 0) is 0 Å². The molecule has 1 saturated carbocycles. The Morgan fingerprint density at radius 1 is 0.829 bits per heavy atom. The van der Waals surface area contributed by atoms with Crippen LogP contribution < -0.4 is 0 Å². The summed E-state index contributed by atoms with van der Waals surface area (Å²) in [7, 11) is 0. The summed E-state index contributed by atoms with van der Waals surface area (Å²) in [5.74, 6) is 1.94. The van der Waals surface area contributed by atoms with E-state index in [9.17, 15) is 0 Å². The van der Waals surface area contributed by atoms with Gasteiger partial charge in [0, 0.05) is 0 Å². The molecule has 0 radical (unpaired) electrons. The summed E-state index contributed by atoms with van der Waals surface area (Å²) < 4.78 is 0. The zero-order valence-electron chi connectivity index (χ0n) is 31.6. The van der Waals surface area contributed by atoms with Crippen LogP contribution in [0.5, 0.6) is 0 Å². The van der Waals surface area contributed by atoms with E-state index < -0.39 is 0 Å². The summed E-state index contributed by atoms with van der Waals surface area (Å²) in [6, 6.07) is 6.47. The largest absolute Gasteiger partial charge is 0.0961 e. The molecule has 0 heterocycles. The fourth-order valence-corrected chi connectivity index (χ4v) is 5.78. The third kappa shape index (κ3) is 15.8. The van der Waals surface area contributed by atoms with Gasteiger partial charge in [0.25, 0.3) is 0 Å². The SMILES string of the molecule is C=C(C)/C=C(/C(=C)C)C(=C(C)C)c1cccc(C)c1C.CC.CC.CC.CC.CCCC1(CCC)CCC(C)C1C. The molecule has 2 atom stereocenters. The van der Waals surface area contributed by atoms with Crippen molar-refractivity contribution in [3.8, 4) is 0 Å². The number of hydrogen-bond donors (Lipinski definition) is 0. The zero-order chi connectivity index (χ0) is 33.3. The quantitative estimate of drug-likeness (QED) is 0.274. The lowest BCUT2D eigenvalue weighted by atomic mass is 9.70. The minimum Gasteiger partial charge on any atom is -0.0961 e. The molecule has 1 aromatic carbocycles. The van der Waals surface area contributed by atoms with E-state index in [0.29, 0.717) is 0 Å². The van der Waals surface area contributed by atoms with Gasteiger partial charge in [0.15, 0.2) is 0 Å². The molecule has 0 aliphatic heterocycles. The van der Waals surface area contributed by atoms with Gasteiger partial charge in [-0.15, -0.1) is 0 Å². The van der Waals surface area contributed by atoms with Crippen LogP contribution in [0.4, 0.5) is 0 Å². The van der Waals surface area contributed by atoms with Gasteiger partial charge in [-0.05, 0) is 112 Å². The van der Waals surface area contributed by atoms with E-state index in [0.717, 1.165) is 28.4 Å². The van der Waals surface area contributed by atoms with Crippen LogP contribution in [0, 0.1) is 31.1 Å². The average Bonchev–Trinajstić information content (AvgIpc) is 3.24. The summed E-state index contributed by atoms with van der Waals surface area (Å²) in [6.45, 7) is 46.5. The maximum absolute atomic E-state index is 4.15. The highest BCUT2D eigenvalue weighted by Crippen LogP contribution is 2.52. The van der Waals surface area contributed by atoms with Gasteiger partial charge in [0.05, 0.1) is 0 Å². The second kappa shape index (κ2) is 27.0. The molecule has 1 aliphatic rings. The highest BCUT2D eigenvalue weighted by molar-refractivity contribution is 5.87. The Labute approximate surface area is 261 Å². The first-order valence-electron chi connectivity index (χ1n) is 17.2. The molecule has 1 fully saturated rings. The van der Waals surface area contributed by atoms with Gasteiger partial charge >= 0.3 is 0 Å². The molecule has 0 N–H and O–H groups in total. The van der Waals surface area contributed by atoms with Crippen LogP contribution in [0.2, 0.25) is 0 Å². The lowest BCUT2D eigenvalue weighted by Crippen LogP contribution is -2.25. The van der Waals surface area contributed by atoms with Gasteiger partial charge in [0.2, 0.25) is 0 Å². The number of allylic oxidation sites excluding steroid dienone is 6. The molecule has 1 aliphatic carbocycles. The fraction of sp³-hybridized carbons (Fsp3) is 0.659. The van der Waals surface area contributed by atoms with Crippen LogP contribution in [0.3, 0.4) is 0 Å². The fourth-order valence-electron chi connectivity index (χ4n) is 5.78. The molecule has 1 aromatic rings. The van der Waals surface area contributed by atoms with E-state index in [4.69, 9.17) is 0 Å². The lowest BCUT2D eigenvalue weighted by Gasteiger charge is -2.35. The molecule has 240 valence electrons. The number of aryl methyl sites for hydroxylation is 1. The van der Waals surface area contributed by atoms with Gasteiger partial charge in [0.1, 0.15) is 0 Å². The van der Waals surface area contributed by atoms with E-state index >= 15 is 0 Å². The molecule has 0 saturated heterocycles. The monoisotopic (exact) mass is 569 g/mol. The zero-order valence-corrected chi connectivity index (χ0v) is 31.6. The molecule has 41 heavy (non-hydrogen) atoms. The summed E-state index contributed by atoms with van der Waals surface area (Å²) in [4.78, 5) is 0. The maximum atomic E-state index is 4.15. The van der Waals surface area contributed by atoms with Crippen molar-refractivity contribution < 1.29 is 0 Å². The van der Waals surface area contributed by atoms with Gasteiger partial charge in [-0.2, -0.15) is 0 Å². The molecule has 0 aromatic heterocycles. The molecule has 0 nitrogen and oxygen atoms in total. The smallest absolute Gasteiger partial charge is 0.0120 e. The van der Waals surface area contributed by atoms with Crippen LogP contribution in [0.1, 0.15) is 166 Å². The Morgan fingerprint density at radius 3 is 1.61 bits per heavy atom. The van der Waals surface area contributed by atoms with Crippen molar-refractivity contribution in [2.75, 3.05) is 0 Å². The second-order valence-electron chi connectivity index (χ2n) is 11.0. The molecular weight excluding hydrogens is 492 g/mol. The molecule has 0 bridgehead atoms. The van der Waals surface area contributed by atoms with Crippen molar-refractivity contribution in [2.24, 2.45) is 17.3 Å². The van der Waals surface area contributed by atoms with E-state index in [1.54, 1.807) is 0 Å². The first kappa shape index (κ1) is 46.1. The Bertz CT molecular complexity index is 858. The average molecular weight is 569 g/mol. The lowest BCUT2D eigenvalue weighted by molar-refractivity contribution is 0.155. The normalized spacial score (nSPS) is 16.3. The Balaban J connectivity index is -0.000000281. The van der Waals surface area contributed by atoms with E-state index in [-0.39, 0.29) is 0 Å². The minimum atomic E-state index is 0.725. The van der Waals surface area contributed by atoms with Gasteiger partial charge in [-0.1, -0.05) is 150 Å². The molecule has 2 rings (SSSR count). The number of hydrogen-bond acceptors (Lipinski definition) is 0. The summed E-state index contributed by atoms with van der Waals surface area (Å²) in [6.07, 6.45) is 10.8. The van der Waals surface area contributed by atoms with Gasteiger partial charge < -0.3 is 0 Å². The maximum Gasteiger partial charge on any atom is -0.0120 e. The predicted molar refractivity (Wildman–Crippen MR) is 197 cm³/mol. The molecule has 0 amide bonds. The first-order chi connectivity index (χ1) is 19.4. The van der Waals surface area contributed by atoms with Crippen LogP contribution in [0.25, 0.3) is 5.57 Å². The van der Waals surface area contributed by atoms with Gasteiger partial charge in [-0.25, -0.2) is 0 Å². The highest BCUT2D eigenvalue weighted by atomic mass is 14.5. The van der Waals surface area contributed by atoms with Crippen molar-refractivity contribution in [2.45, 2.75) is 163 Å². The number of rotatable bonds is 8. The van der Waals surface area contributed by atoms with Crippen molar-refractivity contribution in [3.63, 3.8) is 0 Å². The molecule has 0 heteroatoms. The molecule has 0 spiro atoms. The van der Waals surface area contributed by atoms with Crippen molar-refractivity contribution in [3.05, 3.63) is 76.4 Å². The van der Waals surface area contributed by atoms with E-state index in [2.05, 4.69) is 99.7 Å². The Hall–Kier alpha value is -1.82. The molecular formula is C41H76. The third-order valence-electron chi connectivity index (χ3n) is 7.91. The Morgan fingerprint density at radius 2 is 1.29 bits per heavy atom. The second-order valence-corrected chi connectivity index (χ2v) is 11.0. The van der Waals surface area contributed by atoms with E-state index in [1.807, 2.05) is 62.3 Å². The topological polar surface area (TPSA) is 0 Å². The molecule has 2 unspecified atom stereocenters. The van der Waals surface area contributed by atoms with Crippen LogP contribution in [0.15, 0.2) is 59.7 Å². The summed E-state index contributed by atoms with van der Waals surface area (Å²) >= 11 is 0. The van der Waals surface area contributed by atoms with Crippen molar-refractivity contribution in [1.82, 2.24) is 0 Å². The standard InChI is InChI=1S/C20H26.C13H26.4C2H6/c1-13(2)12-19(14(3)4)20(15(5)6)18-11-9-10-16(7)17(18)8;1-5-8-13(9-6-2)10-7-11(3)12(13)4;4*1-2/h9-12H,1,3H2,2,4-8H3;11-12H,5-10H2,1-4H3;4*1-2H3/b19-12-;;;;;. The summed E-state index contributed by atoms with van der Waals surface area (Å²) in [5.41, 5.74) is 10.6. The third-order valence-corrected chi connectivity index (χ3v) is 7.91. The van der Waals surface area contributed by atoms with Gasteiger partial charge in [-0.3, -0.25) is 0 Å². The van der Waals surface area contributed by atoms with E-state index in [1.165, 1.54) is 71.9 Å². The van der Waals surface area contributed by atoms with Crippen LogP contribution >= 0.6 is 0 Å². The predicted octanol–water partition coefficient (Wildman–Crippen LogP) is 14.9. The Kier molecular flexibility index (Phi) is 30.4. The number of benzene rings is 1.